The molecule has 2 aromatic rings. The van der Waals surface area contributed by atoms with Gasteiger partial charge in [-0.05, 0) is 74.3 Å². The number of benzene rings is 2. The second kappa shape index (κ2) is 11.9. The third-order valence-corrected chi connectivity index (χ3v) is 8.16. The van der Waals surface area contributed by atoms with Crippen LogP contribution in [0.3, 0.4) is 0 Å². The first-order valence-corrected chi connectivity index (χ1v) is 14.3. The van der Waals surface area contributed by atoms with E-state index in [4.69, 9.17) is 4.74 Å². The van der Waals surface area contributed by atoms with Crippen molar-refractivity contribution >= 4 is 29.0 Å². The van der Waals surface area contributed by atoms with Gasteiger partial charge in [0.05, 0.1) is 11.8 Å². The number of fused-ring (bicyclic) bond motifs is 1. The lowest BCUT2D eigenvalue weighted by Gasteiger charge is -2.37. The molecule has 2 aromatic carbocycles. The molecule has 5 rings (SSSR count). The highest BCUT2D eigenvalue weighted by atomic mass is 16.5. The summed E-state index contributed by atoms with van der Waals surface area (Å²) in [7, 11) is 5.68. The Bertz CT molecular complexity index is 1200. The zero-order chi connectivity index (χ0) is 28.4. The summed E-state index contributed by atoms with van der Waals surface area (Å²) in [5, 5.41) is 13.3. The molecule has 0 aliphatic carbocycles. The van der Waals surface area contributed by atoms with Gasteiger partial charge in [0, 0.05) is 77.8 Å². The van der Waals surface area contributed by atoms with Gasteiger partial charge in [0.1, 0.15) is 5.75 Å². The third kappa shape index (κ3) is 6.13. The quantitative estimate of drug-likeness (QED) is 0.592. The van der Waals surface area contributed by atoms with Gasteiger partial charge >= 0.3 is 6.03 Å². The molecule has 40 heavy (non-hydrogen) atoms. The Morgan fingerprint density at radius 3 is 2.25 bits per heavy atom. The highest BCUT2D eigenvalue weighted by molar-refractivity contribution is 5.95. The lowest BCUT2D eigenvalue weighted by molar-refractivity contribution is -0.123. The molecule has 0 bridgehead atoms. The Hall–Kier alpha value is -3.50. The van der Waals surface area contributed by atoms with Gasteiger partial charge in [0.25, 0.3) is 5.91 Å². The maximum Gasteiger partial charge on any atom is 0.319 e. The van der Waals surface area contributed by atoms with Crippen LogP contribution in [0.25, 0.3) is 0 Å². The van der Waals surface area contributed by atoms with Crippen LogP contribution in [0.4, 0.5) is 21.9 Å². The lowest BCUT2D eigenvalue weighted by Crippen LogP contribution is -2.51. The van der Waals surface area contributed by atoms with E-state index in [2.05, 4.69) is 27.1 Å². The number of hydrogen-bond donors (Lipinski definition) is 2. The Morgan fingerprint density at radius 1 is 0.975 bits per heavy atom. The molecule has 3 aliphatic heterocycles. The van der Waals surface area contributed by atoms with E-state index in [1.807, 2.05) is 41.3 Å². The van der Waals surface area contributed by atoms with Crippen LogP contribution in [0.2, 0.25) is 0 Å². The predicted molar refractivity (Wildman–Crippen MR) is 157 cm³/mol. The molecule has 10 heteroatoms. The Balaban J connectivity index is 1.23. The van der Waals surface area contributed by atoms with Crippen molar-refractivity contribution in [2.45, 2.75) is 32.0 Å². The minimum absolute atomic E-state index is 0.0457. The molecule has 2 atom stereocenters. The van der Waals surface area contributed by atoms with E-state index in [0.29, 0.717) is 19.5 Å². The number of carbonyl (C=O) groups is 2. The molecule has 3 heterocycles. The molecule has 0 spiro atoms. The number of carbonyl (C=O) groups excluding carboxylic acids is 2. The van der Waals surface area contributed by atoms with Crippen LogP contribution in [0.1, 0.15) is 30.6 Å². The largest absolute Gasteiger partial charge is 0.478 e. The summed E-state index contributed by atoms with van der Waals surface area (Å²) in [4.78, 5) is 35.8. The zero-order valence-electron chi connectivity index (χ0n) is 24.1. The number of urea groups is 1. The molecule has 10 nitrogen and oxygen atoms in total. The number of ether oxygens (including phenoxy) is 1. The molecule has 0 saturated carbocycles. The lowest BCUT2D eigenvalue weighted by atomic mass is 9.96. The van der Waals surface area contributed by atoms with Gasteiger partial charge in [-0.1, -0.05) is 0 Å². The third-order valence-electron chi connectivity index (χ3n) is 8.16. The Labute approximate surface area is 237 Å². The minimum Gasteiger partial charge on any atom is -0.478 e. The molecule has 0 radical (unpaired) electrons. The number of aryl methyl sites for hydroxylation is 1. The number of likely N-dealkylation sites (N-methyl/N-ethyl adjacent to an activating group) is 1. The fraction of sp³-hybridized carbons (Fsp3) is 0.533. The number of nitrogens with zero attached hydrogens (tertiary/aromatic N) is 5. The summed E-state index contributed by atoms with van der Waals surface area (Å²) in [5.41, 5.74) is 4.70. The van der Waals surface area contributed by atoms with Crippen molar-refractivity contribution in [1.82, 2.24) is 14.7 Å². The Morgan fingerprint density at radius 2 is 1.62 bits per heavy atom. The van der Waals surface area contributed by atoms with Crippen molar-refractivity contribution in [1.29, 1.82) is 0 Å². The van der Waals surface area contributed by atoms with E-state index in [0.717, 1.165) is 79.6 Å². The van der Waals surface area contributed by atoms with Crippen LogP contribution in [-0.4, -0.2) is 111 Å². The molecule has 2 saturated heterocycles. The number of aliphatic hydroxyl groups excluding tert-OH is 1. The van der Waals surface area contributed by atoms with Crippen molar-refractivity contribution in [3.63, 3.8) is 0 Å². The van der Waals surface area contributed by atoms with Gasteiger partial charge in [-0.25, -0.2) is 4.79 Å². The fourth-order valence-electron chi connectivity index (χ4n) is 5.63. The predicted octanol–water partition coefficient (Wildman–Crippen LogP) is 2.63. The topological polar surface area (TPSA) is 91.8 Å². The highest BCUT2D eigenvalue weighted by Crippen LogP contribution is 2.40. The van der Waals surface area contributed by atoms with Crippen LogP contribution < -0.4 is 19.9 Å². The molecule has 3 amide bonds. The van der Waals surface area contributed by atoms with Crippen LogP contribution in [-0.2, 0) is 11.2 Å². The monoisotopic (exact) mass is 550 g/mol. The molecule has 216 valence electrons. The zero-order valence-corrected chi connectivity index (χ0v) is 24.1. The first-order chi connectivity index (χ1) is 19.2. The molecule has 2 fully saturated rings. The summed E-state index contributed by atoms with van der Waals surface area (Å²) >= 11 is 0. The average Bonchev–Trinajstić information content (AvgIpc) is 2.96. The molecule has 0 aromatic heterocycles. The minimum atomic E-state index is -0.585. The molecule has 3 aliphatic rings. The van der Waals surface area contributed by atoms with Crippen LogP contribution in [0, 0.1) is 0 Å². The summed E-state index contributed by atoms with van der Waals surface area (Å²) < 4.78 is 6.38. The van der Waals surface area contributed by atoms with Crippen molar-refractivity contribution in [2.24, 2.45) is 0 Å². The molecule has 2 N–H and O–H groups in total. The van der Waals surface area contributed by atoms with Gasteiger partial charge in [0.2, 0.25) is 0 Å². The summed E-state index contributed by atoms with van der Waals surface area (Å²) in [6.07, 6.45) is 0.150. The van der Waals surface area contributed by atoms with E-state index in [1.54, 1.807) is 25.9 Å². The van der Waals surface area contributed by atoms with Crippen molar-refractivity contribution in [3.8, 4) is 5.75 Å². The standard InChI is InChI=1S/C30H42N6O4/c1-21(37)23-19-22-5-10-27(40-28(22)26(20-23)35-13-11-33(4)12-14-35)29(38)31-24-6-8-25(9-7-24)34-15-17-36(18-16-34)30(39)32(2)3/h6-9,19-21,27,37H,5,10-18H2,1-4H3,(H,31,38). The van der Waals surface area contributed by atoms with E-state index >= 15 is 0 Å². The number of aliphatic hydroxyl groups is 1. The maximum atomic E-state index is 13.3. The van der Waals surface area contributed by atoms with Gasteiger partial charge in [-0.2, -0.15) is 0 Å². The summed E-state index contributed by atoms with van der Waals surface area (Å²) in [5.74, 6) is 0.612. The van der Waals surface area contributed by atoms with E-state index < -0.39 is 12.2 Å². The molecular weight excluding hydrogens is 508 g/mol. The van der Waals surface area contributed by atoms with Gasteiger partial charge < -0.3 is 39.7 Å². The number of amides is 3. The maximum absolute atomic E-state index is 13.3. The van der Waals surface area contributed by atoms with Crippen molar-refractivity contribution in [2.75, 3.05) is 88.6 Å². The first-order valence-electron chi connectivity index (χ1n) is 14.3. The summed E-state index contributed by atoms with van der Waals surface area (Å²) in [6.45, 7) is 8.36. The van der Waals surface area contributed by atoms with Crippen LogP contribution in [0.5, 0.6) is 5.75 Å². The Kier molecular flexibility index (Phi) is 8.37. The fourth-order valence-corrected chi connectivity index (χ4v) is 5.63. The van der Waals surface area contributed by atoms with E-state index in [9.17, 15) is 14.7 Å². The smallest absolute Gasteiger partial charge is 0.319 e. The van der Waals surface area contributed by atoms with E-state index in [1.165, 1.54) is 0 Å². The van der Waals surface area contributed by atoms with E-state index in [-0.39, 0.29) is 11.9 Å². The highest BCUT2D eigenvalue weighted by Gasteiger charge is 2.31. The number of anilines is 3. The first kappa shape index (κ1) is 28.0. The normalized spacial score (nSPS) is 20.4. The number of nitrogens with one attached hydrogen (secondary N) is 1. The van der Waals surface area contributed by atoms with Gasteiger partial charge in [0.15, 0.2) is 6.10 Å². The summed E-state index contributed by atoms with van der Waals surface area (Å²) in [6, 6.07) is 12.0. The van der Waals surface area contributed by atoms with Gasteiger partial charge in [-0.3, -0.25) is 4.79 Å². The van der Waals surface area contributed by atoms with Crippen LogP contribution in [0.15, 0.2) is 36.4 Å². The SMILES string of the molecule is CC(O)c1cc2c(c(N3CCN(C)CC3)c1)OC(C(=O)Nc1ccc(N3CCN(C(=O)N(C)C)CC3)cc1)CC2. The number of hydrogen-bond acceptors (Lipinski definition) is 7. The second-order valence-corrected chi connectivity index (χ2v) is 11.3. The van der Waals surface area contributed by atoms with Crippen molar-refractivity contribution in [3.05, 3.63) is 47.5 Å². The number of piperazine rings is 2. The second-order valence-electron chi connectivity index (χ2n) is 11.3. The van der Waals surface area contributed by atoms with Crippen molar-refractivity contribution < 1.29 is 19.4 Å². The molecular formula is C30H42N6O4. The van der Waals surface area contributed by atoms with Gasteiger partial charge in [-0.15, -0.1) is 0 Å². The number of rotatable bonds is 5. The molecule has 2 unspecified atom stereocenters. The average molecular weight is 551 g/mol. The van der Waals surface area contributed by atoms with Crippen LogP contribution >= 0.6 is 0 Å².